The molecule has 1 rings (SSSR count). The highest BCUT2D eigenvalue weighted by atomic mass is 32.2. The molecule has 1 aromatic carbocycles. The van der Waals surface area contributed by atoms with Gasteiger partial charge in [-0.2, -0.15) is 0 Å². The molecule has 3 heteroatoms. The summed E-state index contributed by atoms with van der Waals surface area (Å²) in [6.07, 6.45) is 7.77. The van der Waals surface area contributed by atoms with Crippen molar-refractivity contribution in [2.45, 2.75) is 45.1 Å². The van der Waals surface area contributed by atoms with Crippen molar-refractivity contribution >= 4 is 10.8 Å². The topological polar surface area (TPSA) is 29.1 Å². The Balaban J connectivity index is 2.43. The average molecular weight is 281 g/mol. The summed E-state index contributed by atoms with van der Waals surface area (Å²) < 4.78 is 11.1. The molecule has 0 radical (unpaired) electrons. The van der Waals surface area contributed by atoms with Gasteiger partial charge in [0.1, 0.15) is 0 Å². The van der Waals surface area contributed by atoms with Crippen LogP contribution in [0, 0.1) is 0 Å². The van der Waals surface area contributed by atoms with Crippen LogP contribution < -0.4 is 5.32 Å². The summed E-state index contributed by atoms with van der Waals surface area (Å²) in [7, 11) is -0.672. The minimum absolute atomic E-state index is 0.443. The van der Waals surface area contributed by atoms with Crippen LogP contribution in [-0.4, -0.2) is 22.8 Å². The molecule has 1 aromatic rings. The summed E-state index contributed by atoms with van der Waals surface area (Å²) in [4.78, 5) is 0. The molecule has 0 aliphatic heterocycles. The van der Waals surface area contributed by atoms with Gasteiger partial charge in [0, 0.05) is 28.9 Å². The van der Waals surface area contributed by atoms with Crippen LogP contribution in [0.15, 0.2) is 30.3 Å². The molecule has 0 bridgehead atoms. The first-order valence-corrected chi connectivity index (χ1v) is 9.05. The second-order valence-corrected chi connectivity index (χ2v) is 6.60. The number of benzene rings is 1. The molecule has 108 valence electrons. The molecule has 0 heterocycles. The Hall–Kier alpha value is -0.670. The lowest BCUT2D eigenvalue weighted by molar-refractivity contribution is 0.475. The molecule has 0 aromatic heterocycles. The van der Waals surface area contributed by atoms with Gasteiger partial charge in [-0.3, -0.25) is 4.21 Å². The van der Waals surface area contributed by atoms with E-state index in [1.54, 1.807) is 6.26 Å². The molecule has 2 atom stereocenters. The van der Waals surface area contributed by atoms with Crippen molar-refractivity contribution in [1.82, 2.24) is 5.32 Å². The fourth-order valence-electron chi connectivity index (χ4n) is 2.22. The van der Waals surface area contributed by atoms with Gasteiger partial charge in [0.2, 0.25) is 0 Å². The maximum atomic E-state index is 11.1. The molecule has 1 N–H and O–H groups in total. The Morgan fingerprint density at radius 2 is 1.89 bits per heavy atom. The highest BCUT2D eigenvalue weighted by Gasteiger charge is 2.09. The van der Waals surface area contributed by atoms with Crippen LogP contribution in [0.3, 0.4) is 0 Å². The number of nitrogens with one attached hydrogen (secondary N) is 1. The van der Waals surface area contributed by atoms with Crippen molar-refractivity contribution in [3.63, 3.8) is 0 Å². The first-order valence-electron chi connectivity index (χ1n) is 7.32. The molecule has 0 spiro atoms. The van der Waals surface area contributed by atoms with E-state index in [-0.39, 0.29) is 0 Å². The fraction of sp³-hybridized carbons (Fsp3) is 0.625. The second kappa shape index (κ2) is 10.2. The molecule has 0 saturated heterocycles. The summed E-state index contributed by atoms with van der Waals surface area (Å²) in [5.41, 5.74) is 1.37. The summed E-state index contributed by atoms with van der Waals surface area (Å²) >= 11 is 0. The predicted molar refractivity (Wildman–Crippen MR) is 84.9 cm³/mol. The molecule has 19 heavy (non-hydrogen) atoms. The third-order valence-corrected chi connectivity index (χ3v) is 4.16. The quantitative estimate of drug-likeness (QED) is 0.663. The minimum atomic E-state index is -0.672. The zero-order valence-corrected chi connectivity index (χ0v) is 13.0. The molecular formula is C16H27NOS. The van der Waals surface area contributed by atoms with Crippen LogP contribution in [0.4, 0.5) is 0 Å². The summed E-state index contributed by atoms with van der Waals surface area (Å²) in [5, 5.41) is 3.62. The van der Waals surface area contributed by atoms with E-state index in [0.717, 1.165) is 18.7 Å². The van der Waals surface area contributed by atoms with Crippen molar-refractivity contribution in [2.24, 2.45) is 0 Å². The fourth-order valence-corrected chi connectivity index (χ4v) is 2.77. The standard InChI is InChI=1S/C16H27NOS/c1-3-4-6-12-16(15-10-7-5-8-11-15)17-13-9-14-19(2)18/h5,7-8,10-11,16-17H,3-4,6,9,12-14H2,1-2H3. The van der Waals surface area contributed by atoms with Crippen molar-refractivity contribution in [2.75, 3.05) is 18.6 Å². The van der Waals surface area contributed by atoms with Crippen LogP contribution >= 0.6 is 0 Å². The van der Waals surface area contributed by atoms with Gasteiger partial charge in [0.15, 0.2) is 0 Å². The van der Waals surface area contributed by atoms with Crippen molar-refractivity contribution in [1.29, 1.82) is 0 Å². The van der Waals surface area contributed by atoms with Crippen molar-refractivity contribution in [3.8, 4) is 0 Å². The minimum Gasteiger partial charge on any atom is -0.310 e. The van der Waals surface area contributed by atoms with Crippen molar-refractivity contribution < 1.29 is 4.21 Å². The molecule has 2 unspecified atom stereocenters. The Morgan fingerprint density at radius 1 is 1.16 bits per heavy atom. The van der Waals surface area contributed by atoms with E-state index >= 15 is 0 Å². The lowest BCUT2D eigenvalue weighted by Crippen LogP contribution is -2.23. The zero-order chi connectivity index (χ0) is 13.9. The molecule has 0 saturated carbocycles. The van der Waals surface area contributed by atoms with Gasteiger partial charge in [-0.25, -0.2) is 0 Å². The van der Waals surface area contributed by atoms with E-state index in [1.165, 1.54) is 31.2 Å². The Morgan fingerprint density at radius 3 is 2.53 bits per heavy atom. The smallest absolute Gasteiger partial charge is 0.0320 e. The first kappa shape index (κ1) is 16.4. The van der Waals surface area contributed by atoms with Gasteiger partial charge in [0.25, 0.3) is 0 Å². The molecule has 0 fully saturated rings. The SMILES string of the molecule is CCCCCC(NCCCS(C)=O)c1ccccc1. The highest BCUT2D eigenvalue weighted by molar-refractivity contribution is 7.84. The van der Waals surface area contributed by atoms with Gasteiger partial charge in [-0.15, -0.1) is 0 Å². The van der Waals surface area contributed by atoms with E-state index in [1.807, 2.05) is 0 Å². The van der Waals surface area contributed by atoms with Gasteiger partial charge in [0.05, 0.1) is 0 Å². The normalized spacial score (nSPS) is 14.2. The van der Waals surface area contributed by atoms with E-state index in [2.05, 4.69) is 42.6 Å². The molecular weight excluding hydrogens is 254 g/mol. The van der Waals surface area contributed by atoms with E-state index < -0.39 is 10.8 Å². The van der Waals surface area contributed by atoms with E-state index in [9.17, 15) is 4.21 Å². The third kappa shape index (κ3) is 7.48. The molecule has 0 aliphatic carbocycles. The second-order valence-electron chi connectivity index (χ2n) is 5.04. The lowest BCUT2D eigenvalue weighted by Gasteiger charge is -2.19. The van der Waals surface area contributed by atoms with Gasteiger partial charge >= 0.3 is 0 Å². The van der Waals surface area contributed by atoms with Gasteiger partial charge in [-0.05, 0) is 24.9 Å². The zero-order valence-electron chi connectivity index (χ0n) is 12.2. The van der Waals surface area contributed by atoms with Gasteiger partial charge < -0.3 is 5.32 Å². The maximum Gasteiger partial charge on any atom is 0.0320 e. The van der Waals surface area contributed by atoms with E-state index in [0.29, 0.717) is 6.04 Å². The van der Waals surface area contributed by atoms with Gasteiger partial charge in [-0.1, -0.05) is 56.5 Å². The lowest BCUT2D eigenvalue weighted by atomic mass is 10.0. The van der Waals surface area contributed by atoms with Crippen LogP contribution in [0.1, 0.15) is 50.6 Å². The average Bonchev–Trinajstić information content (AvgIpc) is 2.42. The predicted octanol–water partition coefficient (Wildman–Crippen LogP) is 3.67. The molecule has 0 amide bonds. The van der Waals surface area contributed by atoms with Crippen LogP contribution in [0.5, 0.6) is 0 Å². The summed E-state index contributed by atoms with van der Waals surface area (Å²) in [6.45, 7) is 3.19. The number of hydrogen-bond acceptors (Lipinski definition) is 2. The Bertz CT molecular complexity index is 353. The number of unbranched alkanes of at least 4 members (excludes halogenated alkanes) is 2. The summed E-state index contributed by atoms with van der Waals surface area (Å²) in [6, 6.07) is 11.1. The van der Waals surface area contributed by atoms with Crippen LogP contribution in [0.2, 0.25) is 0 Å². The summed E-state index contributed by atoms with van der Waals surface area (Å²) in [5.74, 6) is 0.795. The maximum absolute atomic E-state index is 11.1. The van der Waals surface area contributed by atoms with Crippen LogP contribution in [0.25, 0.3) is 0 Å². The first-order chi connectivity index (χ1) is 9.24. The Kier molecular flexibility index (Phi) is 8.76. The Labute approximate surface area is 120 Å². The van der Waals surface area contributed by atoms with E-state index in [4.69, 9.17) is 0 Å². The molecule has 0 aliphatic rings. The van der Waals surface area contributed by atoms with Crippen LogP contribution in [-0.2, 0) is 10.8 Å². The van der Waals surface area contributed by atoms with Crippen molar-refractivity contribution in [3.05, 3.63) is 35.9 Å². The highest BCUT2D eigenvalue weighted by Crippen LogP contribution is 2.19. The third-order valence-electron chi connectivity index (χ3n) is 3.30. The number of rotatable bonds is 10. The largest absolute Gasteiger partial charge is 0.310 e. The number of hydrogen-bond donors (Lipinski definition) is 1. The monoisotopic (exact) mass is 281 g/mol. The molecule has 2 nitrogen and oxygen atoms in total.